The quantitative estimate of drug-likeness (QED) is 0.906. The third-order valence-electron chi connectivity index (χ3n) is 4.75. The third-order valence-corrected chi connectivity index (χ3v) is 4.75. The third kappa shape index (κ3) is 3.15. The first kappa shape index (κ1) is 15.1. The Labute approximate surface area is 130 Å². The summed E-state index contributed by atoms with van der Waals surface area (Å²) in [5, 5.41) is 7.29. The molecule has 1 N–H and O–H groups in total. The van der Waals surface area contributed by atoms with Gasteiger partial charge in [0.15, 0.2) is 0 Å². The van der Waals surface area contributed by atoms with Crippen LogP contribution in [0, 0.1) is 19.8 Å². The Morgan fingerprint density at radius 3 is 2.59 bits per heavy atom. The van der Waals surface area contributed by atoms with Gasteiger partial charge in [-0.25, -0.2) is 0 Å². The Balaban J connectivity index is 1.51. The summed E-state index contributed by atoms with van der Waals surface area (Å²) in [6.07, 6.45) is 3.13. The molecule has 3 heterocycles. The molecule has 1 atom stereocenters. The number of aromatic nitrogens is 2. The second-order valence-electron chi connectivity index (χ2n) is 6.54. The Morgan fingerprint density at radius 1 is 1.32 bits per heavy atom. The Bertz CT molecular complexity index is 573. The number of amides is 2. The van der Waals surface area contributed by atoms with Crippen LogP contribution < -0.4 is 5.32 Å². The number of piperidine rings is 1. The van der Waals surface area contributed by atoms with Crippen LogP contribution in [0.4, 0.5) is 0 Å². The fraction of sp³-hybridized carbons (Fsp3) is 0.688. The zero-order valence-corrected chi connectivity index (χ0v) is 13.3. The van der Waals surface area contributed by atoms with Gasteiger partial charge in [-0.1, -0.05) is 0 Å². The lowest BCUT2D eigenvalue weighted by molar-refractivity contribution is -0.135. The topological polar surface area (TPSA) is 67.2 Å². The van der Waals surface area contributed by atoms with Crippen LogP contribution >= 0.6 is 0 Å². The maximum Gasteiger partial charge on any atom is 0.245 e. The lowest BCUT2D eigenvalue weighted by Crippen LogP contribution is -2.47. The van der Waals surface area contributed by atoms with Gasteiger partial charge in [0, 0.05) is 31.7 Å². The average molecular weight is 304 g/mol. The second-order valence-corrected chi connectivity index (χ2v) is 6.54. The molecule has 2 fully saturated rings. The van der Waals surface area contributed by atoms with E-state index in [1.54, 1.807) is 0 Å². The van der Waals surface area contributed by atoms with Gasteiger partial charge in [-0.2, -0.15) is 5.10 Å². The number of hydrogen-bond acceptors (Lipinski definition) is 3. The zero-order chi connectivity index (χ0) is 15.7. The predicted octanol–water partition coefficient (Wildman–Crippen LogP) is 1.02. The molecular formula is C16H24N4O2. The SMILES string of the molecule is Cc1cc(C)n(CC2CCN(C(=O)C3CCC(=O)N3)CC2)n1. The molecule has 3 rings (SSSR count). The summed E-state index contributed by atoms with van der Waals surface area (Å²) in [4.78, 5) is 25.5. The number of nitrogens with zero attached hydrogens (tertiary/aromatic N) is 3. The highest BCUT2D eigenvalue weighted by molar-refractivity contribution is 5.90. The van der Waals surface area contributed by atoms with E-state index in [1.165, 1.54) is 5.69 Å². The van der Waals surface area contributed by atoms with E-state index >= 15 is 0 Å². The molecule has 2 aliphatic heterocycles. The normalized spacial score (nSPS) is 22.9. The number of hydrogen-bond donors (Lipinski definition) is 1. The van der Waals surface area contributed by atoms with Gasteiger partial charge in [0.2, 0.25) is 11.8 Å². The van der Waals surface area contributed by atoms with Gasteiger partial charge in [-0.15, -0.1) is 0 Å². The maximum absolute atomic E-state index is 12.4. The molecule has 1 unspecified atom stereocenters. The van der Waals surface area contributed by atoms with Crippen molar-refractivity contribution in [2.75, 3.05) is 13.1 Å². The van der Waals surface area contributed by atoms with Gasteiger partial charge in [0.05, 0.1) is 5.69 Å². The minimum absolute atomic E-state index is 0.00207. The van der Waals surface area contributed by atoms with Crippen molar-refractivity contribution in [3.63, 3.8) is 0 Å². The number of carbonyl (C=O) groups excluding carboxylic acids is 2. The van der Waals surface area contributed by atoms with Crippen LogP contribution in [0.15, 0.2) is 6.07 Å². The molecule has 6 heteroatoms. The molecule has 0 bridgehead atoms. The van der Waals surface area contributed by atoms with Crippen molar-refractivity contribution < 1.29 is 9.59 Å². The van der Waals surface area contributed by atoms with E-state index in [4.69, 9.17) is 0 Å². The molecule has 1 aromatic rings. The minimum atomic E-state index is -0.292. The van der Waals surface area contributed by atoms with Crippen LogP contribution in [0.5, 0.6) is 0 Å². The molecule has 120 valence electrons. The first-order valence-corrected chi connectivity index (χ1v) is 8.12. The van der Waals surface area contributed by atoms with Gasteiger partial charge < -0.3 is 10.2 Å². The number of nitrogens with one attached hydrogen (secondary N) is 1. The number of likely N-dealkylation sites (tertiary alicyclic amines) is 1. The molecular weight excluding hydrogens is 280 g/mol. The van der Waals surface area contributed by atoms with Crippen LogP contribution in [0.1, 0.15) is 37.1 Å². The summed E-state index contributed by atoms with van der Waals surface area (Å²) in [7, 11) is 0. The van der Waals surface area contributed by atoms with Crippen molar-refractivity contribution in [2.45, 2.75) is 52.1 Å². The van der Waals surface area contributed by atoms with E-state index in [2.05, 4.69) is 28.1 Å². The molecule has 0 aromatic carbocycles. The van der Waals surface area contributed by atoms with Crippen LogP contribution in [0.25, 0.3) is 0 Å². The summed E-state index contributed by atoms with van der Waals surface area (Å²) in [6.45, 7) is 6.61. The van der Waals surface area contributed by atoms with Crippen molar-refractivity contribution in [3.8, 4) is 0 Å². The van der Waals surface area contributed by atoms with Gasteiger partial charge in [-0.3, -0.25) is 14.3 Å². The number of carbonyl (C=O) groups is 2. The van der Waals surface area contributed by atoms with Crippen molar-refractivity contribution in [2.24, 2.45) is 5.92 Å². The van der Waals surface area contributed by atoms with Gasteiger partial charge in [0.1, 0.15) is 6.04 Å². The average Bonchev–Trinajstić information content (AvgIpc) is 3.05. The van der Waals surface area contributed by atoms with Crippen molar-refractivity contribution >= 4 is 11.8 Å². The van der Waals surface area contributed by atoms with E-state index in [0.29, 0.717) is 18.8 Å². The molecule has 2 saturated heterocycles. The Hall–Kier alpha value is -1.85. The molecule has 22 heavy (non-hydrogen) atoms. The predicted molar refractivity (Wildman–Crippen MR) is 82.2 cm³/mol. The number of rotatable bonds is 3. The number of aryl methyl sites for hydroxylation is 2. The molecule has 0 saturated carbocycles. The van der Waals surface area contributed by atoms with Gasteiger partial charge in [0.25, 0.3) is 0 Å². The molecule has 0 radical (unpaired) electrons. The van der Waals surface area contributed by atoms with Crippen molar-refractivity contribution in [1.29, 1.82) is 0 Å². The summed E-state index contributed by atoms with van der Waals surface area (Å²) in [5.74, 6) is 0.661. The zero-order valence-electron chi connectivity index (χ0n) is 13.3. The van der Waals surface area contributed by atoms with Crippen LogP contribution in [0.2, 0.25) is 0 Å². The van der Waals surface area contributed by atoms with E-state index in [9.17, 15) is 9.59 Å². The van der Waals surface area contributed by atoms with Crippen LogP contribution in [-0.4, -0.2) is 45.6 Å². The first-order chi connectivity index (χ1) is 10.5. The van der Waals surface area contributed by atoms with Crippen molar-refractivity contribution in [1.82, 2.24) is 20.0 Å². The monoisotopic (exact) mass is 304 g/mol. The summed E-state index contributed by atoms with van der Waals surface area (Å²) < 4.78 is 2.08. The largest absolute Gasteiger partial charge is 0.344 e. The van der Waals surface area contributed by atoms with E-state index in [0.717, 1.165) is 38.2 Å². The van der Waals surface area contributed by atoms with E-state index in [-0.39, 0.29) is 17.9 Å². The smallest absolute Gasteiger partial charge is 0.245 e. The van der Waals surface area contributed by atoms with Gasteiger partial charge >= 0.3 is 0 Å². The lowest BCUT2D eigenvalue weighted by Gasteiger charge is -2.33. The molecule has 6 nitrogen and oxygen atoms in total. The molecule has 0 aliphatic carbocycles. The highest BCUT2D eigenvalue weighted by atomic mass is 16.2. The molecule has 1 aromatic heterocycles. The second kappa shape index (κ2) is 6.10. The lowest BCUT2D eigenvalue weighted by atomic mass is 9.96. The van der Waals surface area contributed by atoms with Gasteiger partial charge in [-0.05, 0) is 45.1 Å². The fourth-order valence-corrected chi connectivity index (χ4v) is 3.46. The summed E-state index contributed by atoms with van der Waals surface area (Å²) in [5.41, 5.74) is 2.26. The molecule has 2 amide bonds. The maximum atomic E-state index is 12.4. The highest BCUT2D eigenvalue weighted by Crippen LogP contribution is 2.21. The van der Waals surface area contributed by atoms with E-state index < -0.39 is 0 Å². The van der Waals surface area contributed by atoms with E-state index in [1.807, 2.05) is 11.8 Å². The molecule has 2 aliphatic rings. The fourth-order valence-electron chi connectivity index (χ4n) is 3.46. The van der Waals surface area contributed by atoms with Crippen molar-refractivity contribution in [3.05, 3.63) is 17.5 Å². The Kier molecular flexibility index (Phi) is 4.18. The molecule has 0 spiro atoms. The van der Waals surface area contributed by atoms with Crippen LogP contribution in [-0.2, 0) is 16.1 Å². The summed E-state index contributed by atoms with van der Waals surface area (Å²) >= 11 is 0. The Morgan fingerprint density at radius 2 is 2.05 bits per heavy atom. The first-order valence-electron chi connectivity index (χ1n) is 8.12. The minimum Gasteiger partial charge on any atom is -0.344 e. The summed E-state index contributed by atoms with van der Waals surface area (Å²) in [6, 6.07) is 1.81. The standard InChI is InChI=1S/C16H24N4O2/c1-11-9-12(2)20(18-11)10-13-5-7-19(8-6-13)16(22)14-3-4-15(21)17-14/h9,13-14H,3-8,10H2,1-2H3,(H,17,21). The highest BCUT2D eigenvalue weighted by Gasteiger charge is 2.32. The van der Waals surface area contributed by atoms with Crippen LogP contribution in [0.3, 0.4) is 0 Å².